The summed E-state index contributed by atoms with van der Waals surface area (Å²) in [6.45, 7) is 3.73. The summed E-state index contributed by atoms with van der Waals surface area (Å²) in [6.07, 6.45) is 7.11. The third kappa shape index (κ3) is 2.08. The van der Waals surface area contributed by atoms with E-state index in [-0.39, 0.29) is 0 Å². The lowest BCUT2D eigenvalue weighted by Crippen LogP contribution is -2.49. The van der Waals surface area contributed by atoms with Crippen LogP contribution in [0.15, 0.2) is 30.3 Å². The van der Waals surface area contributed by atoms with Gasteiger partial charge in [-0.05, 0) is 43.2 Å². The van der Waals surface area contributed by atoms with Crippen LogP contribution in [-0.2, 0) is 0 Å². The highest BCUT2D eigenvalue weighted by molar-refractivity contribution is 5.47. The molecular formula is C16H23N. The van der Waals surface area contributed by atoms with Crippen LogP contribution in [0, 0.1) is 11.8 Å². The molecule has 1 aromatic rings. The molecule has 2 fully saturated rings. The van der Waals surface area contributed by atoms with Gasteiger partial charge in [0.25, 0.3) is 0 Å². The van der Waals surface area contributed by atoms with E-state index in [2.05, 4.69) is 42.2 Å². The molecule has 1 saturated carbocycles. The van der Waals surface area contributed by atoms with Gasteiger partial charge < -0.3 is 4.90 Å². The average molecular weight is 229 g/mol. The Kier molecular flexibility index (Phi) is 3.09. The first-order valence-electron chi connectivity index (χ1n) is 7.18. The maximum atomic E-state index is 2.68. The summed E-state index contributed by atoms with van der Waals surface area (Å²) in [6, 6.07) is 11.8. The molecule has 1 heterocycles. The number of hydrogen-bond donors (Lipinski definition) is 0. The van der Waals surface area contributed by atoms with Crippen molar-refractivity contribution in [1.29, 1.82) is 0 Å². The molecule has 1 nitrogen and oxygen atoms in total. The Labute approximate surface area is 105 Å². The van der Waals surface area contributed by atoms with Crippen molar-refractivity contribution in [2.24, 2.45) is 11.8 Å². The summed E-state index contributed by atoms with van der Waals surface area (Å²) in [5.74, 6) is 1.87. The normalized spacial score (nSPS) is 33.2. The SMILES string of the molecule is C[C@@H]1CCC[C@@H]2[C@H]1CCCN2c1ccccc1. The van der Waals surface area contributed by atoms with Gasteiger partial charge >= 0.3 is 0 Å². The lowest BCUT2D eigenvalue weighted by Gasteiger charge is -2.48. The number of fused-ring (bicyclic) bond motifs is 1. The molecule has 3 atom stereocenters. The Hall–Kier alpha value is -0.980. The number of benzene rings is 1. The lowest BCUT2D eigenvalue weighted by atomic mass is 9.72. The summed E-state index contributed by atoms with van der Waals surface area (Å²) in [7, 11) is 0. The number of piperidine rings is 1. The van der Waals surface area contributed by atoms with Gasteiger partial charge in [0.05, 0.1) is 0 Å². The Morgan fingerprint density at radius 3 is 2.65 bits per heavy atom. The second-order valence-electron chi connectivity index (χ2n) is 5.81. The first kappa shape index (κ1) is 11.1. The van der Waals surface area contributed by atoms with Crippen LogP contribution in [-0.4, -0.2) is 12.6 Å². The minimum atomic E-state index is 0.815. The number of hydrogen-bond acceptors (Lipinski definition) is 1. The van der Waals surface area contributed by atoms with Gasteiger partial charge in [-0.3, -0.25) is 0 Å². The summed E-state index contributed by atoms with van der Waals surface area (Å²) < 4.78 is 0. The highest BCUT2D eigenvalue weighted by Crippen LogP contribution is 2.40. The summed E-state index contributed by atoms with van der Waals surface area (Å²) in [5, 5.41) is 0. The van der Waals surface area contributed by atoms with Crippen molar-refractivity contribution in [3.05, 3.63) is 30.3 Å². The molecule has 0 unspecified atom stereocenters. The molecular weight excluding hydrogens is 206 g/mol. The first-order valence-corrected chi connectivity index (χ1v) is 7.18. The van der Waals surface area contributed by atoms with Gasteiger partial charge in [0.2, 0.25) is 0 Å². The van der Waals surface area contributed by atoms with Gasteiger partial charge in [-0.1, -0.05) is 38.0 Å². The Bertz CT molecular complexity index is 359. The molecule has 0 spiro atoms. The quantitative estimate of drug-likeness (QED) is 0.701. The Morgan fingerprint density at radius 1 is 1.00 bits per heavy atom. The van der Waals surface area contributed by atoms with E-state index in [9.17, 15) is 0 Å². The summed E-state index contributed by atoms with van der Waals surface area (Å²) in [4.78, 5) is 2.68. The van der Waals surface area contributed by atoms with E-state index in [0.717, 1.165) is 17.9 Å². The topological polar surface area (TPSA) is 3.24 Å². The second kappa shape index (κ2) is 4.72. The van der Waals surface area contributed by atoms with Gasteiger partial charge in [0.1, 0.15) is 0 Å². The van der Waals surface area contributed by atoms with E-state index in [1.807, 2.05) is 0 Å². The zero-order valence-corrected chi connectivity index (χ0v) is 10.8. The van der Waals surface area contributed by atoms with Crippen molar-refractivity contribution < 1.29 is 0 Å². The van der Waals surface area contributed by atoms with Crippen molar-refractivity contribution in [1.82, 2.24) is 0 Å². The molecule has 17 heavy (non-hydrogen) atoms. The van der Waals surface area contributed by atoms with Gasteiger partial charge in [-0.25, -0.2) is 0 Å². The predicted molar refractivity (Wildman–Crippen MR) is 73.3 cm³/mol. The fourth-order valence-corrected chi connectivity index (χ4v) is 3.92. The number of rotatable bonds is 1. The van der Waals surface area contributed by atoms with E-state index < -0.39 is 0 Å². The first-order chi connectivity index (χ1) is 8.36. The van der Waals surface area contributed by atoms with E-state index in [4.69, 9.17) is 0 Å². The second-order valence-corrected chi connectivity index (χ2v) is 5.81. The van der Waals surface area contributed by atoms with Gasteiger partial charge in [0, 0.05) is 18.3 Å². The zero-order valence-electron chi connectivity index (χ0n) is 10.8. The van der Waals surface area contributed by atoms with Crippen molar-refractivity contribution in [3.8, 4) is 0 Å². The maximum absolute atomic E-state index is 2.68. The van der Waals surface area contributed by atoms with Crippen LogP contribution in [0.25, 0.3) is 0 Å². The van der Waals surface area contributed by atoms with Crippen molar-refractivity contribution in [3.63, 3.8) is 0 Å². The average Bonchev–Trinajstić information content (AvgIpc) is 2.40. The third-order valence-electron chi connectivity index (χ3n) is 4.81. The lowest BCUT2D eigenvalue weighted by molar-refractivity contribution is 0.174. The minimum Gasteiger partial charge on any atom is -0.368 e. The van der Waals surface area contributed by atoms with Crippen molar-refractivity contribution in [2.75, 3.05) is 11.4 Å². The fourth-order valence-electron chi connectivity index (χ4n) is 3.92. The standard InChI is InChI=1S/C16H23N/c1-13-7-5-11-16-15(13)10-6-12-17(16)14-8-3-2-4-9-14/h2-4,8-9,13,15-16H,5-7,10-12H2,1H3/t13-,15+,16-/m1/s1. The van der Waals surface area contributed by atoms with Crippen LogP contribution in [0.5, 0.6) is 0 Å². The number of nitrogens with zero attached hydrogens (tertiary/aromatic N) is 1. The molecule has 92 valence electrons. The largest absolute Gasteiger partial charge is 0.368 e. The summed E-state index contributed by atoms with van der Waals surface area (Å²) >= 11 is 0. The highest BCUT2D eigenvalue weighted by atomic mass is 15.2. The Balaban J connectivity index is 1.85. The summed E-state index contributed by atoms with van der Waals surface area (Å²) in [5.41, 5.74) is 1.44. The Morgan fingerprint density at radius 2 is 1.82 bits per heavy atom. The molecule has 2 aliphatic rings. The van der Waals surface area contributed by atoms with Gasteiger partial charge in [0.15, 0.2) is 0 Å². The smallest absolute Gasteiger partial charge is 0.0368 e. The van der Waals surface area contributed by atoms with Crippen LogP contribution < -0.4 is 4.90 Å². The molecule has 0 amide bonds. The molecule has 0 N–H and O–H groups in total. The van der Waals surface area contributed by atoms with Gasteiger partial charge in [-0.2, -0.15) is 0 Å². The molecule has 0 radical (unpaired) electrons. The van der Waals surface area contributed by atoms with E-state index >= 15 is 0 Å². The van der Waals surface area contributed by atoms with Crippen LogP contribution in [0.3, 0.4) is 0 Å². The number of anilines is 1. The van der Waals surface area contributed by atoms with Crippen molar-refractivity contribution >= 4 is 5.69 Å². The fraction of sp³-hybridized carbons (Fsp3) is 0.625. The molecule has 0 aromatic heterocycles. The van der Waals surface area contributed by atoms with E-state index in [0.29, 0.717) is 0 Å². The molecule has 1 saturated heterocycles. The van der Waals surface area contributed by atoms with E-state index in [1.165, 1.54) is 44.3 Å². The molecule has 1 aliphatic heterocycles. The number of para-hydroxylation sites is 1. The van der Waals surface area contributed by atoms with Crippen molar-refractivity contribution in [2.45, 2.75) is 45.1 Å². The van der Waals surface area contributed by atoms with E-state index in [1.54, 1.807) is 0 Å². The molecule has 1 heteroatoms. The monoisotopic (exact) mass is 229 g/mol. The molecule has 1 aliphatic carbocycles. The maximum Gasteiger partial charge on any atom is 0.0368 e. The van der Waals surface area contributed by atoms with Gasteiger partial charge in [-0.15, -0.1) is 0 Å². The predicted octanol–water partition coefficient (Wildman–Crippen LogP) is 4.09. The van der Waals surface area contributed by atoms with Crippen LogP contribution in [0.1, 0.15) is 39.0 Å². The van der Waals surface area contributed by atoms with Crippen LogP contribution in [0.4, 0.5) is 5.69 Å². The molecule has 1 aromatic carbocycles. The highest BCUT2D eigenvalue weighted by Gasteiger charge is 2.36. The van der Waals surface area contributed by atoms with Crippen LogP contribution in [0.2, 0.25) is 0 Å². The van der Waals surface area contributed by atoms with Crippen LogP contribution >= 0.6 is 0 Å². The molecule has 3 rings (SSSR count). The zero-order chi connectivity index (χ0) is 11.7. The molecule has 0 bridgehead atoms. The third-order valence-corrected chi connectivity index (χ3v) is 4.81. The minimum absolute atomic E-state index is 0.815.